The molecule has 0 aliphatic carbocycles. The molecule has 3 aromatic rings. The highest BCUT2D eigenvalue weighted by molar-refractivity contribution is 5.69. The number of carbonyl (C=O) groups is 1. The van der Waals surface area contributed by atoms with E-state index in [0.29, 0.717) is 22.9 Å². The average molecular weight is 372 g/mol. The number of carboxylic acid groups (broad SMARTS) is 1. The van der Waals surface area contributed by atoms with Crippen molar-refractivity contribution in [1.82, 2.24) is 9.78 Å². The number of hydrogen-bond acceptors (Lipinski definition) is 5. The van der Waals surface area contributed by atoms with E-state index in [1.54, 1.807) is 36.4 Å². The van der Waals surface area contributed by atoms with Crippen molar-refractivity contribution in [1.29, 1.82) is 0 Å². The lowest BCUT2D eigenvalue weighted by molar-refractivity contribution is -0.139. The number of rotatable bonds is 7. The Morgan fingerprint density at radius 3 is 2.41 bits per heavy atom. The summed E-state index contributed by atoms with van der Waals surface area (Å²) in [4.78, 5) is 10.8. The fourth-order valence-corrected chi connectivity index (χ4v) is 2.55. The topological polar surface area (TPSA) is 82.8 Å². The van der Waals surface area contributed by atoms with Gasteiger partial charge in [0, 0.05) is 11.6 Å². The molecule has 0 amide bonds. The summed E-state index contributed by atoms with van der Waals surface area (Å²) >= 11 is 0. The zero-order chi connectivity index (χ0) is 19.4. The van der Waals surface area contributed by atoms with Crippen LogP contribution in [0.5, 0.6) is 17.4 Å². The number of ether oxygens (including phenoxy) is 3. The molecular weight excluding hydrogens is 355 g/mol. The first-order valence-electron chi connectivity index (χ1n) is 7.95. The van der Waals surface area contributed by atoms with Crippen LogP contribution in [0.1, 0.15) is 0 Å². The Labute approximate surface area is 154 Å². The van der Waals surface area contributed by atoms with Crippen LogP contribution in [0.15, 0.2) is 48.5 Å². The maximum atomic E-state index is 13.3. The highest BCUT2D eigenvalue weighted by Crippen LogP contribution is 2.34. The van der Waals surface area contributed by atoms with E-state index >= 15 is 0 Å². The van der Waals surface area contributed by atoms with Gasteiger partial charge in [0.15, 0.2) is 18.1 Å². The molecule has 0 saturated heterocycles. The molecule has 0 fully saturated rings. The van der Waals surface area contributed by atoms with Crippen LogP contribution in [0.25, 0.3) is 16.9 Å². The van der Waals surface area contributed by atoms with Gasteiger partial charge in [0.1, 0.15) is 5.82 Å². The van der Waals surface area contributed by atoms with Crippen molar-refractivity contribution in [3.05, 3.63) is 54.3 Å². The van der Waals surface area contributed by atoms with Gasteiger partial charge in [-0.3, -0.25) is 0 Å². The molecule has 0 spiro atoms. The highest BCUT2D eigenvalue weighted by Gasteiger charge is 2.16. The van der Waals surface area contributed by atoms with Crippen LogP contribution in [0.3, 0.4) is 0 Å². The summed E-state index contributed by atoms with van der Waals surface area (Å²) in [6.45, 7) is -0.522. The predicted octanol–water partition coefficient (Wildman–Crippen LogP) is 3.16. The molecule has 0 radical (unpaired) electrons. The van der Waals surface area contributed by atoms with E-state index in [1.807, 2.05) is 0 Å². The molecule has 0 aliphatic heterocycles. The van der Waals surface area contributed by atoms with Gasteiger partial charge < -0.3 is 19.3 Å². The van der Waals surface area contributed by atoms with Crippen LogP contribution in [0.4, 0.5) is 4.39 Å². The van der Waals surface area contributed by atoms with E-state index in [1.165, 1.54) is 31.0 Å². The van der Waals surface area contributed by atoms with Crippen molar-refractivity contribution >= 4 is 5.97 Å². The van der Waals surface area contributed by atoms with E-state index in [4.69, 9.17) is 19.3 Å². The lowest BCUT2D eigenvalue weighted by Crippen LogP contribution is -2.10. The Kier molecular flexibility index (Phi) is 5.25. The smallest absolute Gasteiger partial charge is 0.341 e. The maximum absolute atomic E-state index is 13.3. The highest BCUT2D eigenvalue weighted by atomic mass is 19.1. The van der Waals surface area contributed by atoms with Gasteiger partial charge in [-0.05, 0) is 42.5 Å². The third-order valence-corrected chi connectivity index (χ3v) is 3.78. The second-order valence-electron chi connectivity index (χ2n) is 5.51. The van der Waals surface area contributed by atoms with Gasteiger partial charge >= 0.3 is 5.97 Å². The minimum Gasteiger partial charge on any atom is -0.493 e. The molecule has 3 rings (SSSR count). The van der Waals surface area contributed by atoms with Gasteiger partial charge in [-0.25, -0.2) is 13.9 Å². The molecule has 1 aromatic heterocycles. The zero-order valence-corrected chi connectivity index (χ0v) is 14.7. The Morgan fingerprint density at radius 1 is 1.07 bits per heavy atom. The van der Waals surface area contributed by atoms with E-state index in [2.05, 4.69) is 5.10 Å². The van der Waals surface area contributed by atoms with Gasteiger partial charge in [0.2, 0.25) is 5.88 Å². The van der Waals surface area contributed by atoms with Crippen molar-refractivity contribution in [2.45, 2.75) is 0 Å². The third kappa shape index (κ3) is 4.00. The van der Waals surface area contributed by atoms with E-state index in [-0.39, 0.29) is 11.7 Å². The summed E-state index contributed by atoms with van der Waals surface area (Å²) in [6, 6.07) is 12.7. The summed E-state index contributed by atoms with van der Waals surface area (Å²) < 4.78 is 30.6. The van der Waals surface area contributed by atoms with Crippen LogP contribution in [0.2, 0.25) is 0 Å². The van der Waals surface area contributed by atoms with Crippen LogP contribution >= 0.6 is 0 Å². The lowest BCUT2D eigenvalue weighted by Gasteiger charge is -2.11. The van der Waals surface area contributed by atoms with Gasteiger partial charge in [-0.15, -0.1) is 5.10 Å². The first kappa shape index (κ1) is 18.2. The number of methoxy groups -OCH3 is 2. The summed E-state index contributed by atoms with van der Waals surface area (Å²) in [5, 5.41) is 13.1. The van der Waals surface area contributed by atoms with Crippen LogP contribution in [-0.4, -0.2) is 41.7 Å². The molecule has 7 nitrogen and oxygen atoms in total. The lowest BCUT2D eigenvalue weighted by atomic mass is 10.1. The molecule has 27 heavy (non-hydrogen) atoms. The minimum atomic E-state index is -1.11. The van der Waals surface area contributed by atoms with Crippen LogP contribution in [-0.2, 0) is 4.79 Å². The van der Waals surface area contributed by atoms with Crippen molar-refractivity contribution in [3.8, 4) is 34.3 Å². The number of nitrogens with zero attached hydrogens (tertiary/aromatic N) is 2. The second kappa shape index (κ2) is 7.77. The molecule has 2 aromatic carbocycles. The Hall–Kier alpha value is -3.55. The summed E-state index contributed by atoms with van der Waals surface area (Å²) in [7, 11) is 3.07. The van der Waals surface area contributed by atoms with Crippen molar-refractivity contribution in [2.75, 3.05) is 20.8 Å². The Balaban J connectivity index is 2.09. The quantitative estimate of drug-likeness (QED) is 0.686. The zero-order valence-electron chi connectivity index (χ0n) is 14.7. The standard InChI is InChI=1S/C19H17FN2O5/c1-25-16-8-3-12(9-17(16)26-2)15-10-18(27-11-19(23)24)21-22(15)14-6-4-13(20)5-7-14/h3-10H,11H2,1-2H3,(H,23,24). The predicted molar refractivity (Wildman–Crippen MR) is 95.2 cm³/mol. The molecular formula is C19H17FN2O5. The molecule has 1 N–H and O–H groups in total. The van der Waals surface area contributed by atoms with Crippen molar-refractivity contribution in [2.24, 2.45) is 0 Å². The largest absolute Gasteiger partial charge is 0.493 e. The molecule has 0 bridgehead atoms. The van der Waals surface area contributed by atoms with Gasteiger partial charge in [0.25, 0.3) is 0 Å². The fourth-order valence-electron chi connectivity index (χ4n) is 2.55. The SMILES string of the molecule is COc1ccc(-c2cc(OCC(=O)O)nn2-c2ccc(F)cc2)cc1OC. The normalized spacial score (nSPS) is 10.5. The molecule has 1 heterocycles. The van der Waals surface area contributed by atoms with Gasteiger partial charge in [0.05, 0.1) is 25.6 Å². The number of aromatic nitrogens is 2. The number of halogens is 1. The molecule has 140 valence electrons. The number of carboxylic acids is 1. The molecule has 0 unspecified atom stereocenters. The summed E-state index contributed by atoms with van der Waals surface area (Å²) in [5.41, 5.74) is 1.93. The first-order chi connectivity index (χ1) is 13.0. The summed E-state index contributed by atoms with van der Waals surface area (Å²) in [6.07, 6.45) is 0. The third-order valence-electron chi connectivity index (χ3n) is 3.78. The van der Waals surface area contributed by atoms with Crippen molar-refractivity contribution in [3.63, 3.8) is 0 Å². The molecule has 8 heteroatoms. The number of hydrogen-bond donors (Lipinski definition) is 1. The van der Waals surface area contributed by atoms with Gasteiger partial charge in [-0.1, -0.05) is 0 Å². The number of benzene rings is 2. The average Bonchev–Trinajstić information content (AvgIpc) is 3.10. The monoisotopic (exact) mass is 372 g/mol. The molecule has 0 aliphatic rings. The van der Waals surface area contributed by atoms with E-state index in [9.17, 15) is 9.18 Å². The van der Waals surface area contributed by atoms with E-state index in [0.717, 1.165) is 5.56 Å². The number of aliphatic carboxylic acids is 1. The molecule has 0 atom stereocenters. The summed E-state index contributed by atoms with van der Waals surface area (Å²) in [5.74, 6) is -0.266. The Morgan fingerprint density at radius 2 is 1.78 bits per heavy atom. The Bertz CT molecular complexity index is 953. The first-order valence-corrected chi connectivity index (χ1v) is 7.95. The fraction of sp³-hybridized carbons (Fsp3) is 0.158. The van der Waals surface area contributed by atoms with Crippen molar-refractivity contribution < 1.29 is 28.5 Å². The molecule has 0 saturated carbocycles. The maximum Gasteiger partial charge on any atom is 0.341 e. The van der Waals surface area contributed by atoms with Crippen LogP contribution in [0, 0.1) is 5.82 Å². The van der Waals surface area contributed by atoms with E-state index < -0.39 is 12.6 Å². The van der Waals surface area contributed by atoms with Gasteiger partial charge in [-0.2, -0.15) is 0 Å². The minimum absolute atomic E-state index is 0.131. The van der Waals surface area contributed by atoms with Crippen LogP contribution < -0.4 is 14.2 Å². The second-order valence-corrected chi connectivity index (χ2v) is 5.51.